The van der Waals surface area contributed by atoms with Crippen molar-refractivity contribution < 1.29 is 8.42 Å². The summed E-state index contributed by atoms with van der Waals surface area (Å²) in [6, 6.07) is 3.75. The van der Waals surface area contributed by atoms with Gasteiger partial charge >= 0.3 is 0 Å². The topological polar surface area (TPSA) is 131 Å². The Labute approximate surface area is 174 Å². The first-order valence-electron chi connectivity index (χ1n) is 10.5. The summed E-state index contributed by atoms with van der Waals surface area (Å²) in [5.74, 6) is 0.798. The molecule has 3 aromatic heterocycles. The molecular weight excluding hydrogens is 402 g/mol. The number of piperidine rings is 1. The van der Waals surface area contributed by atoms with E-state index in [2.05, 4.69) is 30.6 Å². The van der Waals surface area contributed by atoms with Gasteiger partial charge in [0.05, 0.1) is 29.1 Å². The summed E-state index contributed by atoms with van der Waals surface area (Å²) >= 11 is 0. The van der Waals surface area contributed by atoms with Crippen molar-refractivity contribution in [3.8, 4) is 6.07 Å². The summed E-state index contributed by atoms with van der Waals surface area (Å²) in [6.45, 7) is 2.49. The Balaban J connectivity index is 1.45. The van der Waals surface area contributed by atoms with Crippen molar-refractivity contribution in [2.75, 3.05) is 19.6 Å². The van der Waals surface area contributed by atoms with E-state index < -0.39 is 16.1 Å². The number of nitriles is 1. The Hall–Kier alpha value is -2.48. The maximum absolute atomic E-state index is 12.8. The Kier molecular flexibility index (Phi) is 4.97. The largest absolute Gasteiger partial charge is 0.346 e. The average molecular weight is 428 g/mol. The summed E-state index contributed by atoms with van der Waals surface area (Å²) in [7, 11) is -3.37. The lowest BCUT2D eigenvalue weighted by molar-refractivity contribution is 0.165. The van der Waals surface area contributed by atoms with Crippen molar-refractivity contribution in [2.45, 2.75) is 43.4 Å². The first-order valence-corrected chi connectivity index (χ1v) is 12.0. The summed E-state index contributed by atoms with van der Waals surface area (Å²) < 4.78 is 28.6. The number of likely N-dealkylation sites (tertiary alicyclic amines) is 1. The third kappa shape index (κ3) is 3.69. The highest BCUT2D eigenvalue weighted by Gasteiger charge is 2.40. The zero-order valence-corrected chi connectivity index (χ0v) is 17.5. The first kappa shape index (κ1) is 19.5. The summed E-state index contributed by atoms with van der Waals surface area (Å²) in [4.78, 5) is 17.9. The summed E-state index contributed by atoms with van der Waals surface area (Å²) in [5.41, 5.74) is 2.39. The number of imidazole rings is 1. The highest BCUT2D eigenvalue weighted by molar-refractivity contribution is 7.90. The predicted octanol–water partition coefficient (Wildman–Crippen LogP) is 2.19. The van der Waals surface area contributed by atoms with Gasteiger partial charge in [-0.1, -0.05) is 0 Å². The van der Waals surface area contributed by atoms with Gasteiger partial charge in [0.25, 0.3) is 0 Å². The van der Waals surface area contributed by atoms with Crippen LogP contribution in [0.5, 0.6) is 0 Å². The molecule has 1 aliphatic heterocycles. The number of sulfonamides is 1. The van der Waals surface area contributed by atoms with Crippen molar-refractivity contribution in [1.82, 2.24) is 29.6 Å². The standard InChI is InChI=1S/C20H25N7O2S/c21-7-1-9-27-10-5-13(6-11-27)17(26-30(28,29)14-2-3-14)20-24-16-12-23-19-15(4-8-22-19)18(16)25-20/h4,8,12-14,17,26H,1-3,5-6,9-11H2,(H,22,23)(H,24,25). The Bertz CT molecular complexity index is 1200. The molecule has 10 heteroatoms. The van der Waals surface area contributed by atoms with E-state index in [1.807, 2.05) is 12.3 Å². The number of hydrogen-bond acceptors (Lipinski definition) is 6. The van der Waals surface area contributed by atoms with Crippen molar-refractivity contribution in [3.63, 3.8) is 0 Å². The fourth-order valence-electron chi connectivity index (χ4n) is 4.39. The molecule has 158 valence electrons. The molecule has 2 aliphatic rings. The number of aromatic nitrogens is 4. The third-order valence-corrected chi connectivity index (χ3v) is 8.18. The fraction of sp³-hybridized carbons (Fsp3) is 0.550. The van der Waals surface area contributed by atoms with Crippen LogP contribution in [0.2, 0.25) is 0 Å². The van der Waals surface area contributed by atoms with E-state index in [4.69, 9.17) is 10.2 Å². The number of nitrogens with one attached hydrogen (secondary N) is 3. The quantitative estimate of drug-likeness (QED) is 0.530. The molecule has 5 rings (SSSR count). The van der Waals surface area contributed by atoms with E-state index in [1.165, 1.54) is 0 Å². The Morgan fingerprint density at radius 3 is 2.83 bits per heavy atom. The van der Waals surface area contributed by atoms with Gasteiger partial charge in [0.1, 0.15) is 17.0 Å². The molecule has 0 bridgehead atoms. The van der Waals surface area contributed by atoms with Crippen LogP contribution < -0.4 is 4.72 Å². The van der Waals surface area contributed by atoms with E-state index in [0.29, 0.717) is 12.2 Å². The molecule has 1 saturated carbocycles. The van der Waals surface area contributed by atoms with Gasteiger partial charge in [0.2, 0.25) is 10.0 Å². The molecule has 9 nitrogen and oxygen atoms in total. The molecule has 0 amide bonds. The van der Waals surface area contributed by atoms with Crippen molar-refractivity contribution in [2.24, 2.45) is 5.92 Å². The Morgan fingerprint density at radius 2 is 2.10 bits per heavy atom. The molecule has 0 aromatic carbocycles. The Morgan fingerprint density at radius 1 is 1.30 bits per heavy atom. The molecule has 1 atom stereocenters. The van der Waals surface area contributed by atoms with E-state index in [-0.39, 0.29) is 11.2 Å². The van der Waals surface area contributed by atoms with Crippen molar-refractivity contribution in [1.29, 1.82) is 5.26 Å². The van der Waals surface area contributed by atoms with E-state index >= 15 is 0 Å². The lowest BCUT2D eigenvalue weighted by atomic mass is 9.89. The minimum absolute atomic E-state index is 0.145. The molecule has 0 spiro atoms. The van der Waals surface area contributed by atoms with E-state index in [1.54, 1.807) is 6.20 Å². The molecule has 1 unspecified atom stereocenters. The predicted molar refractivity (Wildman–Crippen MR) is 113 cm³/mol. The first-order chi connectivity index (χ1) is 14.5. The van der Waals surface area contributed by atoms with Gasteiger partial charge in [-0.15, -0.1) is 0 Å². The lowest BCUT2D eigenvalue weighted by Crippen LogP contribution is -2.42. The highest BCUT2D eigenvalue weighted by atomic mass is 32.2. The van der Waals surface area contributed by atoms with Crippen LogP contribution in [0, 0.1) is 17.2 Å². The van der Waals surface area contributed by atoms with Crippen molar-refractivity contribution >= 4 is 32.1 Å². The fourth-order valence-corrected chi connectivity index (χ4v) is 6.00. The van der Waals surface area contributed by atoms with Gasteiger partial charge in [-0.25, -0.2) is 23.1 Å². The number of rotatable bonds is 7. The summed E-state index contributed by atoms with van der Waals surface area (Å²) in [6.07, 6.45) is 7.24. The number of nitrogens with zero attached hydrogens (tertiary/aromatic N) is 4. The van der Waals surface area contributed by atoms with Crippen LogP contribution in [0.25, 0.3) is 22.1 Å². The van der Waals surface area contributed by atoms with Crippen LogP contribution in [0.15, 0.2) is 18.5 Å². The molecule has 1 saturated heterocycles. The SMILES string of the molecule is N#CCCN1CCC(C(NS(=O)(=O)C2CC2)c2nc3cnc4[nH]ccc4c3[nH]2)CC1. The zero-order valence-electron chi connectivity index (χ0n) is 16.6. The van der Waals surface area contributed by atoms with E-state index in [9.17, 15) is 8.42 Å². The summed E-state index contributed by atoms with van der Waals surface area (Å²) in [5, 5.41) is 9.49. The minimum atomic E-state index is -3.37. The van der Waals surface area contributed by atoms with Gasteiger partial charge in [0.15, 0.2) is 0 Å². The molecule has 0 radical (unpaired) electrons. The zero-order chi connectivity index (χ0) is 20.7. The third-order valence-electron chi connectivity index (χ3n) is 6.25. The van der Waals surface area contributed by atoms with Gasteiger partial charge < -0.3 is 14.9 Å². The highest BCUT2D eigenvalue weighted by Crippen LogP contribution is 2.35. The normalized spacial score (nSPS) is 20.0. The van der Waals surface area contributed by atoms with Gasteiger partial charge in [-0.05, 0) is 50.8 Å². The molecule has 3 aromatic rings. The number of hydrogen-bond donors (Lipinski definition) is 3. The van der Waals surface area contributed by atoms with Crippen molar-refractivity contribution in [3.05, 3.63) is 24.3 Å². The maximum atomic E-state index is 12.8. The monoisotopic (exact) mass is 427 g/mol. The average Bonchev–Trinajstić information content (AvgIpc) is 3.36. The van der Waals surface area contributed by atoms with Crippen LogP contribution in [-0.4, -0.2) is 58.1 Å². The van der Waals surface area contributed by atoms with Gasteiger partial charge in [-0.3, -0.25) is 0 Å². The van der Waals surface area contributed by atoms with Gasteiger partial charge in [-0.2, -0.15) is 5.26 Å². The second-order valence-corrected chi connectivity index (χ2v) is 10.3. The second kappa shape index (κ2) is 7.65. The lowest BCUT2D eigenvalue weighted by Gasteiger charge is -2.35. The molecule has 2 fully saturated rings. The molecule has 4 heterocycles. The molecule has 1 aliphatic carbocycles. The number of fused-ring (bicyclic) bond motifs is 3. The van der Waals surface area contributed by atoms with Gasteiger partial charge in [0, 0.05) is 24.5 Å². The minimum Gasteiger partial charge on any atom is -0.346 e. The number of pyridine rings is 1. The van der Waals surface area contributed by atoms with Crippen LogP contribution in [0.4, 0.5) is 0 Å². The smallest absolute Gasteiger partial charge is 0.215 e. The maximum Gasteiger partial charge on any atom is 0.215 e. The van der Waals surface area contributed by atoms with E-state index in [0.717, 1.165) is 67.4 Å². The van der Waals surface area contributed by atoms with Crippen LogP contribution in [0.3, 0.4) is 0 Å². The van der Waals surface area contributed by atoms with Crippen LogP contribution in [-0.2, 0) is 10.0 Å². The molecular formula is C20H25N7O2S. The number of aromatic amines is 2. The molecule has 3 N–H and O–H groups in total. The van der Waals surface area contributed by atoms with Crippen LogP contribution in [0.1, 0.15) is 44.0 Å². The van der Waals surface area contributed by atoms with Crippen LogP contribution >= 0.6 is 0 Å². The number of H-pyrrole nitrogens is 2. The second-order valence-electron chi connectivity index (χ2n) is 8.31. The molecule has 30 heavy (non-hydrogen) atoms.